The van der Waals surface area contributed by atoms with Crippen molar-refractivity contribution in [2.24, 2.45) is 0 Å². The molecule has 0 bridgehead atoms. The summed E-state index contributed by atoms with van der Waals surface area (Å²) in [6.07, 6.45) is 0. The van der Waals surface area contributed by atoms with Gasteiger partial charge in [-0.1, -0.05) is 81.4 Å². The van der Waals surface area contributed by atoms with E-state index in [0.29, 0.717) is 33.8 Å². The summed E-state index contributed by atoms with van der Waals surface area (Å²) >= 11 is 0. The van der Waals surface area contributed by atoms with Crippen LogP contribution in [0.15, 0.2) is 77.2 Å². The lowest BCUT2D eigenvalue weighted by molar-refractivity contribution is 0.0205. The van der Waals surface area contributed by atoms with Crippen molar-refractivity contribution in [1.29, 1.82) is 0 Å². The Bertz CT molecular complexity index is 1360. The monoisotopic (exact) mass is 486 g/mol. The van der Waals surface area contributed by atoms with Crippen molar-refractivity contribution in [3.05, 3.63) is 95.2 Å². The van der Waals surface area contributed by atoms with Crippen LogP contribution in [0.4, 0.5) is 0 Å². The average Bonchev–Trinajstić information content (AvgIpc) is 3.35. The fraction of sp³-hybridized carbons (Fsp3) is 0.276. The van der Waals surface area contributed by atoms with Gasteiger partial charge in [0.15, 0.2) is 17.1 Å². The summed E-state index contributed by atoms with van der Waals surface area (Å²) in [5.41, 5.74) is 1.35. The number of hydrogen-bond acceptors (Lipinski definition) is 5. The van der Waals surface area contributed by atoms with Gasteiger partial charge >= 0.3 is 5.97 Å². The van der Waals surface area contributed by atoms with Crippen molar-refractivity contribution in [2.75, 3.05) is 7.11 Å². The van der Waals surface area contributed by atoms with E-state index in [4.69, 9.17) is 18.3 Å². The molecule has 0 spiro atoms. The SMILES string of the molecule is COc1cc(O[Si](C)(C)C(C)(C)C)cc2c3c(oc12)C(c1ccccc1)(c1ccccc1)OC3=O. The molecule has 180 valence electrons. The van der Waals surface area contributed by atoms with Crippen LogP contribution < -0.4 is 9.16 Å². The Balaban J connectivity index is 1.77. The fourth-order valence-corrected chi connectivity index (χ4v) is 5.39. The van der Waals surface area contributed by atoms with E-state index in [1.165, 1.54) is 0 Å². The van der Waals surface area contributed by atoms with Gasteiger partial charge in [0.25, 0.3) is 0 Å². The zero-order valence-electron chi connectivity index (χ0n) is 21.0. The summed E-state index contributed by atoms with van der Waals surface area (Å²) in [7, 11) is -0.531. The molecule has 6 heteroatoms. The topological polar surface area (TPSA) is 57.9 Å². The molecule has 5 nitrogen and oxygen atoms in total. The minimum atomic E-state index is -2.13. The van der Waals surface area contributed by atoms with Gasteiger partial charge in [0.2, 0.25) is 13.9 Å². The molecule has 4 aromatic rings. The molecule has 0 fully saturated rings. The number of esters is 1. The fourth-order valence-electron chi connectivity index (χ4n) is 4.38. The molecule has 3 aromatic carbocycles. The first-order chi connectivity index (χ1) is 16.6. The molecule has 1 aromatic heterocycles. The third-order valence-electron chi connectivity index (χ3n) is 7.26. The van der Waals surface area contributed by atoms with E-state index >= 15 is 0 Å². The van der Waals surface area contributed by atoms with E-state index in [1.807, 2.05) is 72.8 Å². The molecule has 0 N–H and O–H groups in total. The number of rotatable bonds is 5. The second-order valence-electron chi connectivity index (χ2n) is 10.5. The number of benzene rings is 3. The summed E-state index contributed by atoms with van der Waals surface area (Å²) in [4.78, 5) is 13.5. The molecular weight excluding hydrogens is 456 g/mol. The van der Waals surface area contributed by atoms with Crippen molar-refractivity contribution in [3.63, 3.8) is 0 Å². The average molecular weight is 487 g/mol. The minimum Gasteiger partial charge on any atom is -0.543 e. The third-order valence-corrected chi connectivity index (χ3v) is 11.6. The Labute approximate surface area is 206 Å². The Morgan fingerprint density at radius 1 is 0.886 bits per heavy atom. The lowest BCUT2D eigenvalue weighted by Crippen LogP contribution is -2.43. The molecule has 0 saturated carbocycles. The van der Waals surface area contributed by atoms with Crippen LogP contribution in [0.2, 0.25) is 18.1 Å². The maximum Gasteiger partial charge on any atom is 0.344 e. The van der Waals surface area contributed by atoms with Crippen LogP contribution >= 0.6 is 0 Å². The number of carbonyl (C=O) groups excluding carboxylic acids is 1. The highest BCUT2D eigenvalue weighted by molar-refractivity contribution is 6.74. The van der Waals surface area contributed by atoms with Crippen LogP contribution in [0.1, 0.15) is 48.0 Å². The highest BCUT2D eigenvalue weighted by Crippen LogP contribution is 2.52. The second-order valence-corrected chi connectivity index (χ2v) is 15.2. The summed E-state index contributed by atoms with van der Waals surface area (Å²) in [5.74, 6) is 1.21. The van der Waals surface area contributed by atoms with Gasteiger partial charge in [-0.3, -0.25) is 0 Å². The molecule has 1 aliphatic heterocycles. The number of cyclic esters (lactones) is 1. The van der Waals surface area contributed by atoms with Gasteiger partial charge < -0.3 is 18.3 Å². The van der Waals surface area contributed by atoms with Gasteiger partial charge in [0, 0.05) is 22.6 Å². The standard InChI is InChI=1S/C29H30O5Si/c1-28(2,3)35(5,6)34-21-17-22-24-26(32-25(22)23(18-21)31-4)29(33-27(24)30,19-13-9-7-10-14-19)20-15-11-8-12-16-20/h7-18H,1-6H3. The summed E-state index contributed by atoms with van der Waals surface area (Å²) in [5, 5.41) is 0.647. The zero-order chi connectivity index (χ0) is 25.0. The molecule has 0 saturated heterocycles. The van der Waals surface area contributed by atoms with E-state index in [2.05, 4.69) is 33.9 Å². The Kier molecular flexibility index (Phi) is 5.33. The first kappa shape index (κ1) is 23.2. The molecular formula is C29H30O5Si. The van der Waals surface area contributed by atoms with Crippen LogP contribution in [-0.2, 0) is 10.3 Å². The van der Waals surface area contributed by atoms with Crippen molar-refractivity contribution in [3.8, 4) is 11.5 Å². The summed E-state index contributed by atoms with van der Waals surface area (Å²) < 4.78 is 24.9. The maximum absolute atomic E-state index is 13.5. The quantitative estimate of drug-likeness (QED) is 0.219. The van der Waals surface area contributed by atoms with Crippen LogP contribution in [-0.4, -0.2) is 21.4 Å². The normalized spacial score (nSPS) is 15.1. The summed E-state index contributed by atoms with van der Waals surface area (Å²) in [6.45, 7) is 10.9. The van der Waals surface area contributed by atoms with E-state index in [0.717, 1.165) is 11.1 Å². The van der Waals surface area contributed by atoms with E-state index in [-0.39, 0.29) is 5.04 Å². The van der Waals surface area contributed by atoms with Gasteiger partial charge in [0.05, 0.1) is 7.11 Å². The second kappa shape index (κ2) is 8.02. The molecule has 0 amide bonds. The van der Waals surface area contributed by atoms with Gasteiger partial charge in [-0.15, -0.1) is 0 Å². The maximum atomic E-state index is 13.5. The van der Waals surface area contributed by atoms with Crippen LogP contribution in [0.5, 0.6) is 11.5 Å². The van der Waals surface area contributed by atoms with E-state index in [1.54, 1.807) is 7.11 Å². The van der Waals surface area contributed by atoms with Crippen molar-refractivity contribution in [2.45, 2.75) is 44.5 Å². The number of carbonyl (C=O) groups is 1. The van der Waals surface area contributed by atoms with Crippen molar-refractivity contribution in [1.82, 2.24) is 0 Å². The predicted octanol–water partition coefficient (Wildman–Crippen LogP) is 7.29. The van der Waals surface area contributed by atoms with Crippen molar-refractivity contribution < 1.29 is 23.1 Å². The first-order valence-electron chi connectivity index (χ1n) is 11.8. The first-order valence-corrected chi connectivity index (χ1v) is 14.7. The van der Waals surface area contributed by atoms with Crippen LogP contribution in [0.25, 0.3) is 11.0 Å². The van der Waals surface area contributed by atoms with E-state index in [9.17, 15) is 4.79 Å². The molecule has 0 radical (unpaired) electrons. The molecule has 0 aliphatic carbocycles. The lowest BCUT2D eigenvalue weighted by Gasteiger charge is -2.36. The van der Waals surface area contributed by atoms with Crippen LogP contribution in [0.3, 0.4) is 0 Å². The van der Waals surface area contributed by atoms with Crippen molar-refractivity contribution >= 4 is 25.3 Å². The highest BCUT2D eigenvalue weighted by Gasteiger charge is 2.53. The lowest BCUT2D eigenvalue weighted by atomic mass is 9.84. The minimum absolute atomic E-state index is 0.0161. The zero-order valence-corrected chi connectivity index (χ0v) is 22.0. The molecule has 0 atom stereocenters. The highest BCUT2D eigenvalue weighted by atomic mass is 28.4. The van der Waals surface area contributed by atoms with Gasteiger partial charge in [0.1, 0.15) is 11.3 Å². The smallest absolute Gasteiger partial charge is 0.344 e. The number of furan rings is 1. The Hall–Kier alpha value is -3.51. The number of ether oxygens (including phenoxy) is 2. The molecule has 1 aliphatic rings. The molecule has 0 unspecified atom stereocenters. The predicted molar refractivity (Wildman–Crippen MR) is 139 cm³/mol. The van der Waals surface area contributed by atoms with E-state index < -0.39 is 19.9 Å². The van der Waals surface area contributed by atoms with Gasteiger partial charge in [-0.25, -0.2) is 4.79 Å². The Morgan fingerprint density at radius 2 is 1.46 bits per heavy atom. The van der Waals surface area contributed by atoms with Gasteiger partial charge in [-0.05, 0) is 24.2 Å². The number of hydrogen-bond donors (Lipinski definition) is 0. The van der Waals surface area contributed by atoms with Crippen LogP contribution in [0, 0.1) is 0 Å². The largest absolute Gasteiger partial charge is 0.543 e. The van der Waals surface area contributed by atoms with Gasteiger partial charge in [-0.2, -0.15) is 0 Å². The molecule has 2 heterocycles. The number of fused-ring (bicyclic) bond motifs is 3. The Morgan fingerprint density at radius 3 is 1.97 bits per heavy atom. The third kappa shape index (κ3) is 3.55. The molecule has 5 rings (SSSR count). The number of methoxy groups -OCH3 is 1. The summed E-state index contributed by atoms with van der Waals surface area (Å²) in [6, 6.07) is 23.1. The molecule has 35 heavy (non-hydrogen) atoms.